The van der Waals surface area contributed by atoms with E-state index in [1.165, 1.54) is 18.2 Å². The highest BCUT2D eigenvalue weighted by atomic mass is 19.1. The zero-order chi connectivity index (χ0) is 20.5. The van der Waals surface area contributed by atoms with E-state index in [9.17, 15) is 14.0 Å². The molecule has 3 rings (SSSR count). The molecule has 1 aromatic rings. The Morgan fingerprint density at radius 3 is 2.76 bits per heavy atom. The van der Waals surface area contributed by atoms with Gasteiger partial charge in [0, 0.05) is 44.9 Å². The molecule has 0 spiro atoms. The average molecular weight is 408 g/mol. The number of hydrogen-bond donors (Lipinski definition) is 3. The van der Waals surface area contributed by atoms with Crippen molar-refractivity contribution < 1.29 is 23.5 Å². The van der Waals surface area contributed by atoms with E-state index in [0.29, 0.717) is 32.0 Å². The first-order valence-corrected chi connectivity index (χ1v) is 10.2. The summed E-state index contributed by atoms with van der Waals surface area (Å²) < 4.78 is 24.8. The second-order valence-electron chi connectivity index (χ2n) is 7.25. The van der Waals surface area contributed by atoms with Gasteiger partial charge in [-0.3, -0.25) is 9.69 Å². The number of ether oxygens (including phenoxy) is 2. The molecule has 9 heteroatoms. The molecule has 2 saturated heterocycles. The van der Waals surface area contributed by atoms with Crippen LogP contribution in [0.3, 0.4) is 0 Å². The van der Waals surface area contributed by atoms with Crippen molar-refractivity contribution in [2.75, 3.05) is 56.6 Å². The molecule has 0 aromatic heterocycles. The van der Waals surface area contributed by atoms with E-state index >= 15 is 0 Å². The predicted octanol–water partition coefficient (Wildman–Crippen LogP) is 2.18. The Morgan fingerprint density at radius 1 is 1.17 bits per heavy atom. The first kappa shape index (κ1) is 21.5. The number of morpholine rings is 1. The molecule has 3 N–H and O–H groups in total. The highest BCUT2D eigenvalue weighted by molar-refractivity contribution is 5.93. The van der Waals surface area contributed by atoms with Gasteiger partial charge >= 0.3 is 6.03 Å². The number of amides is 3. The van der Waals surface area contributed by atoms with Crippen molar-refractivity contribution in [2.24, 2.45) is 0 Å². The molecule has 29 heavy (non-hydrogen) atoms. The number of nitrogens with zero attached hydrogens (tertiary/aromatic N) is 1. The summed E-state index contributed by atoms with van der Waals surface area (Å²) in [5, 5.41) is 8.01. The molecular formula is C20H29FN4O4. The van der Waals surface area contributed by atoms with Crippen LogP contribution in [0.4, 0.5) is 20.6 Å². The van der Waals surface area contributed by atoms with E-state index in [0.717, 1.165) is 39.0 Å². The normalized spacial score (nSPS) is 19.7. The van der Waals surface area contributed by atoms with Gasteiger partial charge in [-0.25, -0.2) is 9.18 Å². The topological polar surface area (TPSA) is 91.9 Å². The van der Waals surface area contributed by atoms with Crippen molar-refractivity contribution in [1.82, 2.24) is 10.2 Å². The van der Waals surface area contributed by atoms with Crippen LogP contribution in [0.2, 0.25) is 0 Å². The van der Waals surface area contributed by atoms with E-state index in [-0.39, 0.29) is 30.2 Å². The molecule has 0 bridgehead atoms. The molecule has 1 unspecified atom stereocenters. The third kappa shape index (κ3) is 7.26. The Bertz CT molecular complexity index is 691. The highest BCUT2D eigenvalue weighted by Crippen LogP contribution is 2.20. The monoisotopic (exact) mass is 408 g/mol. The summed E-state index contributed by atoms with van der Waals surface area (Å²) in [6, 6.07) is 3.72. The molecule has 8 nitrogen and oxygen atoms in total. The van der Waals surface area contributed by atoms with E-state index < -0.39 is 5.82 Å². The molecule has 2 aliphatic heterocycles. The fourth-order valence-corrected chi connectivity index (χ4v) is 3.39. The van der Waals surface area contributed by atoms with Crippen LogP contribution in [-0.4, -0.2) is 68.9 Å². The maximum atomic E-state index is 14.1. The molecule has 2 heterocycles. The predicted molar refractivity (Wildman–Crippen MR) is 108 cm³/mol. The van der Waals surface area contributed by atoms with Crippen LogP contribution < -0.4 is 16.0 Å². The quantitative estimate of drug-likeness (QED) is 0.613. The van der Waals surface area contributed by atoms with Gasteiger partial charge in [0.05, 0.1) is 25.0 Å². The Labute approximate surface area is 170 Å². The second kappa shape index (κ2) is 11.1. The zero-order valence-electron chi connectivity index (χ0n) is 16.5. The van der Waals surface area contributed by atoms with Crippen molar-refractivity contribution in [3.05, 3.63) is 24.0 Å². The van der Waals surface area contributed by atoms with Crippen LogP contribution in [0.1, 0.15) is 25.7 Å². The summed E-state index contributed by atoms with van der Waals surface area (Å²) in [6.45, 7) is 4.81. The molecule has 0 aliphatic carbocycles. The van der Waals surface area contributed by atoms with E-state index in [1.54, 1.807) is 0 Å². The number of hydrogen-bond acceptors (Lipinski definition) is 5. The molecule has 0 saturated carbocycles. The van der Waals surface area contributed by atoms with Gasteiger partial charge in [-0.2, -0.15) is 0 Å². The van der Waals surface area contributed by atoms with Gasteiger partial charge in [0.2, 0.25) is 5.91 Å². The number of rotatable bonds is 8. The number of nitrogens with one attached hydrogen (secondary N) is 3. The van der Waals surface area contributed by atoms with Gasteiger partial charge in [-0.1, -0.05) is 0 Å². The largest absolute Gasteiger partial charge is 0.379 e. The molecule has 2 aliphatic rings. The molecular weight excluding hydrogens is 379 g/mol. The van der Waals surface area contributed by atoms with E-state index in [2.05, 4.69) is 20.9 Å². The van der Waals surface area contributed by atoms with Gasteiger partial charge in [-0.05, 0) is 37.5 Å². The van der Waals surface area contributed by atoms with Gasteiger partial charge in [0.1, 0.15) is 5.82 Å². The van der Waals surface area contributed by atoms with Gasteiger partial charge in [0.25, 0.3) is 0 Å². The molecule has 3 amide bonds. The van der Waals surface area contributed by atoms with Gasteiger partial charge in [0.15, 0.2) is 0 Å². The lowest BCUT2D eigenvalue weighted by atomic mass is 10.2. The lowest BCUT2D eigenvalue weighted by Gasteiger charge is -2.26. The Kier molecular flexibility index (Phi) is 8.21. The first-order chi connectivity index (χ1) is 14.1. The number of carbonyl (C=O) groups excluding carboxylic acids is 2. The maximum absolute atomic E-state index is 14.1. The highest BCUT2D eigenvalue weighted by Gasteiger charge is 2.16. The minimum Gasteiger partial charge on any atom is -0.379 e. The third-order valence-electron chi connectivity index (χ3n) is 5.03. The van der Waals surface area contributed by atoms with Crippen LogP contribution in [0.25, 0.3) is 0 Å². The fourth-order valence-electron chi connectivity index (χ4n) is 3.39. The number of urea groups is 1. The number of halogens is 1. The Morgan fingerprint density at radius 2 is 2.00 bits per heavy atom. The standard InChI is InChI=1S/C20H29FN4O4/c21-17-4-3-15(23-20(27)22-7-5-16-2-1-11-29-16)14-18(17)24-19(26)6-8-25-9-12-28-13-10-25/h3-4,14,16H,1-2,5-13H2,(H,24,26)(H2,22,23,27). The Balaban J connectivity index is 1.42. The summed E-state index contributed by atoms with van der Waals surface area (Å²) >= 11 is 0. The number of carbonyl (C=O) groups is 2. The molecule has 0 radical (unpaired) electrons. The summed E-state index contributed by atoms with van der Waals surface area (Å²) in [7, 11) is 0. The van der Waals surface area contributed by atoms with Crippen molar-refractivity contribution in [1.29, 1.82) is 0 Å². The maximum Gasteiger partial charge on any atom is 0.319 e. The van der Waals surface area contributed by atoms with Crippen molar-refractivity contribution in [3.8, 4) is 0 Å². The van der Waals surface area contributed by atoms with Crippen LogP contribution in [-0.2, 0) is 14.3 Å². The summed E-state index contributed by atoms with van der Waals surface area (Å²) in [6.07, 6.45) is 3.33. The summed E-state index contributed by atoms with van der Waals surface area (Å²) in [5.41, 5.74) is 0.457. The zero-order valence-corrected chi connectivity index (χ0v) is 16.5. The Hall–Kier alpha value is -2.23. The van der Waals surface area contributed by atoms with Crippen molar-refractivity contribution >= 4 is 23.3 Å². The van der Waals surface area contributed by atoms with Gasteiger partial charge in [-0.15, -0.1) is 0 Å². The smallest absolute Gasteiger partial charge is 0.319 e. The minimum atomic E-state index is -0.547. The SMILES string of the molecule is O=C(CCN1CCOCC1)Nc1cc(NC(=O)NCCC2CCCO2)ccc1F. The van der Waals surface area contributed by atoms with Crippen LogP contribution >= 0.6 is 0 Å². The van der Waals surface area contributed by atoms with E-state index in [1.807, 2.05) is 0 Å². The molecule has 1 atom stereocenters. The third-order valence-corrected chi connectivity index (χ3v) is 5.03. The summed E-state index contributed by atoms with van der Waals surface area (Å²) in [5.74, 6) is -0.817. The van der Waals surface area contributed by atoms with Crippen LogP contribution in [0.5, 0.6) is 0 Å². The number of benzene rings is 1. The lowest BCUT2D eigenvalue weighted by Crippen LogP contribution is -2.38. The fraction of sp³-hybridized carbons (Fsp3) is 0.600. The molecule has 1 aromatic carbocycles. The van der Waals surface area contributed by atoms with Crippen molar-refractivity contribution in [3.63, 3.8) is 0 Å². The van der Waals surface area contributed by atoms with Crippen LogP contribution in [0, 0.1) is 5.82 Å². The first-order valence-electron chi connectivity index (χ1n) is 10.2. The average Bonchev–Trinajstić information content (AvgIpc) is 3.23. The van der Waals surface area contributed by atoms with Crippen LogP contribution in [0.15, 0.2) is 18.2 Å². The summed E-state index contributed by atoms with van der Waals surface area (Å²) in [4.78, 5) is 26.3. The second-order valence-corrected chi connectivity index (χ2v) is 7.25. The minimum absolute atomic E-state index is 0.0501. The molecule has 2 fully saturated rings. The van der Waals surface area contributed by atoms with Gasteiger partial charge < -0.3 is 25.4 Å². The number of anilines is 2. The molecule has 160 valence electrons. The lowest BCUT2D eigenvalue weighted by molar-refractivity contribution is -0.116. The van der Waals surface area contributed by atoms with Crippen molar-refractivity contribution in [2.45, 2.75) is 31.8 Å². The van der Waals surface area contributed by atoms with E-state index in [4.69, 9.17) is 9.47 Å².